The Morgan fingerprint density at radius 1 is 1.16 bits per heavy atom. The predicted octanol–water partition coefficient (Wildman–Crippen LogP) is 5.05. The van der Waals surface area contributed by atoms with Crippen LogP contribution < -0.4 is 4.74 Å². The van der Waals surface area contributed by atoms with Crippen molar-refractivity contribution in [2.45, 2.75) is 63.6 Å². The third kappa shape index (κ3) is 2.95. The van der Waals surface area contributed by atoms with Gasteiger partial charge in [0.25, 0.3) is 0 Å². The Balaban J connectivity index is 1.24. The molecule has 1 saturated carbocycles. The van der Waals surface area contributed by atoms with Crippen molar-refractivity contribution in [3.8, 4) is 5.75 Å². The smallest absolute Gasteiger partial charge is 0.120 e. The number of aromatic nitrogens is 2. The molecule has 1 heterocycles. The number of nitrogens with zero attached hydrogens (tertiary/aromatic N) is 1. The van der Waals surface area contributed by atoms with Gasteiger partial charge in [0, 0.05) is 5.41 Å². The van der Waals surface area contributed by atoms with Crippen molar-refractivity contribution in [1.29, 1.82) is 0 Å². The summed E-state index contributed by atoms with van der Waals surface area (Å²) < 4.78 is 6.10. The van der Waals surface area contributed by atoms with Gasteiger partial charge in [-0.05, 0) is 84.2 Å². The number of H-pyrrole nitrogens is 1. The van der Waals surface area contributed by atoms with E-state index in [4.69, 9.17) is 4.74 Å². The quantitative estimate of drug-likeness (QED) is 0.628. The summed E-state index contributed by atoms with van der Waals surface area (Å²) in [5.41, 5.74) is 7.82. The molecule has 0 aliphatic heterocycles. The molecule has 1 aromatic heterocycles. The van der Waals surface area contributed by atoms with Crippen LogP contribution in [0.5, 0.6) is 5.75 Å². The largest absolute Gasteiger partial charge is 0.489 e. The lowest BCUT2D eigenvalue weighted by atomic mass is 9.55. The highest BCUT2D eigenvalue weighted by Gasteiger charge is 2.54. The highest BCUT2D eigenvalue weighted by molar-refractivity contribution is 5.44. The highest BCUT2D eigenvalue weighted by Crippen LogP contribution is 2.60. The summed E-state index contributed by atoms with van der Waals surface area (Å²) in [4.78, 5) is 0. The minimum absolute atomic E-state index is 0.0633. The lowest BCUT2D eigenvalue weighted by Gasteiger charge is -2.49. The molecule has 2 N–H and O–H groups in total. The van der Waals surface area contributed by atoms with Gasteiger partial charge in [0.15, 0.2) is 0 Å². The number of aryl methyl sites for hydroxylation is 1. The number of nitrogens with one attached hydrogen (secondary N) is 1. The second kappa shape index (κ2) is 7.23. The molecular weight excluding hydrogens is 384 g/mol. The van der Waals surface area contributed by atoms with Gasteiger partial charge in [-0.2, -0.15) is 5.10 Å². The van der Waals surface area contributed by atoms with E-state index in [1.807, 2.05) is 6.07 Å². The molecule has 1 fully saturated rings. The zero-order valence-corrected chi connectivity index (χ0v) is 18.1. The number of aliphatic hydroxyl groups is 1. The number of aliphatic hydroxyl groups excluding tert-OH is 1. The SMILES string of the molecule is C[C@]12CCC3c4ccc(OCc5ccccc5)cc4CCC3C1Cc1c2n[nH]c1CO. The van der Waals surface area contributed by atoms with E-state index in [2.05, 4.69) is 59.6 Å². The summed E-state index contributed by atoms with van der Waals surface area (Å²) in [7, 11) is 0. The van der Waals surface area contributed by atoms with Crippen molar-refractivity contribution in [3.63, 3.8) is 0 Å². The highest BCUT2D eigenvalue weighted by atomic mass is 16.5. The molecule has 3 aliphatic carbocycles. The van der Waals surface area contributed by atoms with Crippen LogP contribution in [0.4, 0.5) is 0 Å². The van der Waals surface area contributed by atoms with Crippen molar-refractivity contribution in [2.75, 3.05) is 0 Å². The lowest BCUT2D eigenvalue weighted by Crippen LogP contribution is -2.43. The molecule has 3 aliphatic rings. The molecule has 4 atom stereocenters. The van der Waals surface area contributed by atoms with Gasteiger partial charge >= 0.3 is 0 Å². The van der Waals surface area contributed by atoms with Crippen molar-refractivity contribution >= 4 is 0 Å². The van der Waals surface area contributed by atoms with E-state index < -0.39 is 0 Å². The fraction of sp³-hybridized carbons (Fsp3) is 0.444. The number of rotatable bonds is 4. The first-order chi connectivity index (χ1) is 15.2. The average Bonchev–Trinajstić information content (AvgIpc) is 3.35. The molecule has 6 rings (SSSR count). The molecule has 160 valence electrons. The summed E-state index contributed by atoms with van der Waals surface area (Å²) in [6.45, 7) is 3.09. The van der Waals surface area contributed by atoms with E-state index in [-0.39, 0.29) is 12.0 Å². The number of ether oxygens (including phenoxy) is 1. The molecular formula is C27H30N2O2. The Morgan fingerprint density at radius 3 is 2.87 bits per heavy atom. The summed E-state index contributed by atoms with van der Waals surface area (Å²) in [6, 6.07) is 17.2. The summed E-state index contributed by atoms with van der Waals surface area (Å²) in [6.07, 6.45) is 5.82. The summed E-state index contributed by atoms with van der Waals surface area (Å²) in [5, 5.41) is 17.5. The first-order valence-electron chi connectivity index (χ1n) is 11.6. The second-order valence-corrected chi connectivity index (χ2v) is 9.90. The minimum atomic E-state index is 0.0633. The van der Waals surface area contributed by atoms with Crippen LogP contribution in [0.1, 0.15) is 65.7 Å². The maximum absolute atomic E-state index is 9.73. The maximum atomic E-state index is 9.73. The van der Waals surface area contributed by atoms with Crippen molar-refractivity contribution in [3.05, 3.63) is 82.2 Å². The zero-order chi connectivity index (χ0) is 21.0. The van der Waals surface area contributed by atoms with Gasteiger partial charge in [0.2, 0.25) is 0 Å². The molecule has 0 saturated heterocycles. The zero-order valence-electron chi connectivity index (χ0n) is 18.1. The molecule has 3 unspecified atom stereocenters. The van der Waals surface area contributed by atoms with Crippen molar-refractivity contribution < 1.29 is 9.84 Å². The molecule has 0 spiro atoms. The van der Waals surface area contributed by atoms with Gasteiger partial charge < -0.3 is 9.84 Å². The third-order valence-corrected chi connectivity index (χ3v) is 8.41. The normalized spacial score (nSPS) is 28.4. The minimum Gasteiger partial charge on any atom is -0.489 e. The van der Waals surface area contributed by atoms with E-state index in [0.717, 1.165) is 24.3 Å². The molecule has 2 aromatic carbocycles. The number of hydrogen-bond acceptors (Lipinski definition) is 3. The van der Waals surface area contributed by atoms with Crippen molar-refractivity contribution in [2.24, 2.45) is 11.8 Å². The van der Waals surface area contributed by atoms with E-state index in [1.54, 1.807) is 5.56 Å². The number of benzene rings is 2. The Hall–Kier alpha value is -2.59. The van der Waals surface area contributed by atoms with Gasteiger partial charge in [-0.25, -0.2) is 0 Å². The van der Waals surface area contributed by atoms with Crippen LogP contribution in [-0.4, -0.2) is 15.3 Å². The van der Waals surface area contributed by atoms with Crippen LogP contribution in [0.2, 0.25) is 0 Å². The Labute approximate surface area is 183 Å². The topological polar surface area (TPSA) is 58.1 Å². The third-order valence-electron chi connectivity index (χ3n) is 8.41. The fourth-order valence-corrected chi connectivity index (χ4v) is 6.82. The van der Waals surface area contributed by atoms with E-state index >= 15 is 0 Å². The molecule has 0 radical (unpaired) electrons. The number of hydrogen-bond donors (Lipinski definition) is 2. The van der Waals surface area contributed by atoms with Crippen LogP contribution in [-0.2, 0) is 31.5 Å². The van der Waals surface area contributed by atoms with Crippen molar-refractivity contribution in [1.82, 2.24) is 10.2 Å². The standard InChI is InChI=1S/C27H30N2O2/c1-27-12-11-21-20-10-8-19(31-16-17-5-3-2-4-6-17)13-18(20)7-9-22(21)24(27)14-23-25(15-30)28-29-26(23)27/h2-6,8,10,13,21-22,24,30H,7,9,11-12,14-16H2,1H3,(H,28,29)/t21?,22?,24?,27-/m0/s1. The first kappa shape index (κ1) is 19.1. The van der Waals surface area contributed by atoms with Crippen LogP contribution in [0.15, 0.2) is 48.5 Å². The Bertz CT molecular complexity index is 1110. The molecule has 31 heavy (non-hydrogen) atoms. The van der Waals surface area contributed by atoms with Gasteiger partial charge in [-0.3, -0.25) is 5.10 Å². The van der Waals surface area contributed by atoms with Gasteiger partial charge in [-0.15, -0.1) is 0 Å². The van der Waals surface area contributed by atoms with Crippen LogP contribution in [0.3, 0.4) is 0 Å². The monoisotopic (exact) mass is 414 g/mol. The Morgan fingerprint density at radius 2 is 2.03 bits per heavy atom. The summed E-state index contributed by atoms with van der Waals surface area (Å²) in [5.74, 6) is 2.94. The predicted molar refractivity (Wildman–Crippen MR) is 120 cm³/mol. The maximum Gasteiger partial charge on any atom is 0.120 e. The van der Waals surface area contributed by atoms with Gasteiger partial charge in [-0.1, -0.05) is 43.3 Å². The lowest BCUT2D eigenvalue weighted by molar-refractivity contribution is 0.102. The van der Waals surface area contributed by atoms with E-state index in [1.165, 1.54) is 41.6 Å². The molecule has 4 heteroatoms. The van der Waals surface area contributed by atoms with Crippen LogP contribution >= 0.6 is 0 Å². The van der Waals surface area contributed by atoms with E-state index in [9.17, 15) is 5.11 Å². The van der Waals surface area contributed by atoms with Crippen LogP contribution in [0.25, 0.3) is 0 Å². The molecule has 3 aromatic rings. The van der Waals surface area contributed by atoms with Gasteiger partial charge in [0.1, 0.15) is 12.4 Å². The summed E-state index contributed by atoms with van der Waals surface area (Å²) >= 11 is 0. The second-order valence-electron chi connectivity index (χ2n) is 9.90. The molecule has 0 bridgehead atoms. The Kier molecular flexibility index (Phi) is 4.46. The average molecular weight is 415 g/mol. The first-order valence-corrected chi connectivity index (χ1v) is 11.6. The molecule has 4 nitrogen and oxygen atoms in total. The van der Waals surface area contributed by atoms with Crippen LogP contribution in [0, 0.1) is 11.8 Å². The fourth-order valence-electron chi connectivity index (χ4n) is 6.82. The number of aromatic amines is 1. The van der Waals surface area contributed by atoms with Gasteiger partial charge in [0.05, 0.1) is 18.0 Å². The number of fused-ring (bicyclic) bond motifs is 7. The molecule has 0 amide bonds. The van der Waals surface area contributed by atoms with E-state index in [0.29, 0.717) is 24.4 Å².